The van der Waals surface area contributed by atoms with E-state index >= 15 is 0 Å². The van der Waals surface area contributed by atoms with Gasteiger partial charge in [0.1, 0.15) is 5.75 Å². The molecule has 3 unspecified atom stereocenters. The van der Waals surface area contributed by atoms with Gasteiger partial charge in [0.2, 0.25) is 0 Å². The highest BCUT2D eigenvalue weighted by molar-refractivity contribution is 5.82. The summed E-state index contributed by atoms with van der Waals surface area (Å²) < 4.78 is 5.87. The van der Waals surface area contributed by atoms with Crippen LogP contribution in [0.1, 0.15) is 62.1 Å². The first-order chi connectivity index (χ1) is 18.2. The topological polar surface area (TPSA) is 9.23 Å². The third kappa shape index (κ3) is 3.93. The summed E-state index contributed by atoms with van der Waals surface area (Å²) in [6.07, 6.45) is 16.0. The molecule has 3 aromatic rings. The van der Waals surface area contributed by atoms with Crippen LogP contribution in [-0.4, -0.2) is 7.11 Å². The fourth-order valence-corrected chi connectivity index (χ4v) is 7.12. The number of ether oxygens (including phenoxy) is 1. The minimum Gasteiger partial charge on any atom is -0.496 e. The Morgan fingerprint density at radius 1 is 0.838 bits per heavy atom. The Bertz CT molecular complexity index is 1550. The zero-order valence-corrected chi connectivity index (χ0v) is 22.2. The molecule has 1 heteroatoms. The normalized spacial score (nSPS) is 20.8. The molecule has 3 atom stereocenters. The molecule has 0 saturated carbocycles. The lowest BCUT2D eigenvalue weighted by atomic mass is 9.67. The molecule has 186 valence electrons. The van der Waals surface area contributed by atoms with Crippen LogP contribution in [0.15, 0.2) is 103 Å². The Balaban J connectivity index is 1.40. The predicted molar refractivity (Wildman–Crippen MR) is 156 cm³/mol. The van der Waals surface area contributed by atoms with Gasteiger partial charge in [-0.3, -0.25) is 0 Å². The Kier molecular flexibility index (Phi) is 6.24. The zero-order valence-electron chi connectivity index (χ0n) is 22.2. The van der Waals surface area contributed by atoms with Crippen molar-refractivity contribution < 1.29 is 4.74 Å². The molecule has 3 aliphatic carbocycles. The van der Waals surface area contributed by atoms with Crippen molar-refractivity contribution in [2.75, 3.05) is 7.11 Å². The summed E-state index contributed by atoms with van der Waals surface area (Å²) in [5, 5.41) is 2.85. The second-order valence-corrected chi connectivity index (χ2v) is 10.9. The lowest BCUT2D eigenvalue weighted by Crippen LogP contribution is -2.29. The molecule has 0 radical (unpaired) electrons. The van der Waals surface area contributed by atoms with Crippen LogP contribution in [0.25, 0.3) is 16.7 Å². The van der Waals surface area contributed by atoms with E-state index in [0.717, 1.165) is 31.4 Å². The van der Waals surface area contributed by atoms with E-state index in [9.17, 15) is 0 Å². The van der Waals surface area contributed by atoms with Crippen LogP contribution >= 0.6 is 0 Å². The zero-order chi connectivity index (χ0) is 25.4. The Morgan fingerprint density at radius 2 is 1.59 bits per heavy atom. The fourth-order valence-electron chi connectivity index (χ4n) is 7.12. The second kappa shape index (κ2) is 9.71. The van der Waals surface area contributed by atoms with E-state index in [1.807, 2.05) is 0 Å². The molecule has 0 saturated heterocycles. The summed E-state index contributed by atoms with van der Waals surface area (Å²) in [6, 6.07) is 26.7. The number of fused-ring (bicyclic) bond motifs is 3. The summed E-state index contributed by atoms with van der Waals surface area (Å²) in [6.45, 7) is 4.74. The monoisotopic (exact) mass is 484 g/mol. The van der Waals surface area contributed by atoms with Gasteiger partial charge >= 0.3 is 0 Å². The maximum atomic E-state index is 5.87. The number of hydrogen-bond acceptors (Lipinski definition) is 1. The van der Waals surface area contributed by atoms with E-state index in [1.165, 1.54) is 38.3 Å². The predicted octanol–water partition coefficient (Wildman–Crippen LogP) is 7.47. The third-order valence-corrected chi connectivity index (χ3v) is 8.84. The van der Waals surface area contributed by atoms with Crippen molar-refractivity contribution in [1.29, 1.82) is 0 Å². The van der Waals surface area contributed by atoms with Gasteiger partial charge in [-0.05, 0) is 58.0 Å². The highest BCUT2D eigenvalue weighted by atomic mass is 16.5. The molecule has 0 heterocycles. The van der Waals surface area contributed by atoms with Crippen LogP contribution in [0.2, 0.25) is 0 Å². The number of rotatable bonds is 8. The standard InChI is InChI=1S/C36H36O/c1-4-23-36(2,33-19-11-12-20-35(33)37-3)34-24-25(26-13-5-10-18-32(26)34)21-22-31-29-16-8-6-14-27(29)28-15-7-9-17-30(28)31/h5-20,24,29,34H,4,21-23H2,1-3H3. The van der Waals surface area contributed by atoms with Gasteiger partial charge in [-0.2, -0.15) is 0 Å². The largest absolute Gasteiger partial charge is 0.496 e. The second-order valence-electron chi connectivity index (χ2n) is 10.9. The van der Waals surface area contributed by atoms with E-state index in [1.54, 1.807) is 12.7 Å². The quantitative estimate of drug-likeness (QED) is 0.322. The van der Waals surface area contributed by atoms with Gasteiger partial charge in [-0.15, -0.1) is 0 Å². The minimum absolute atomic E-state index is 0.0375. The summed E-state index contributed by atoms with van der Waals surface area (Å²) >= 11 is 0. The maximum absolute atomic E-state index is 5.87. The first-order valence-electron chi connectivity index (χ1n) is 13.8. The van der Waals surface area contributed by atoms with Crippen LogP contribution in [0.3, 0.4) is 0 Å². The average molecular weight is 485 g/mol. The number of hydrogen-bond donors (Lipinski definition) is 0. The average Bonchev–Trinajstić information content (AvgIpc) is 3.48. The van der Waals surface area contributed by atoms with Crippen molar-refractivity contribution in [2.24, 2.45) is 5.92 Å². The molecule has 3 aliphatic rings. The molecule has 0 aliphatic heterocycles. The first-order valence-corrected chi connectivity index (χ1v) is 13.8. The number of methoxy groups -OCH3 is 1. The lowest BCUT2D eigenvalue weighted by Gasteiger charge is -2.37. The Morgan fingerprint density at radius 3 is 2.43 bits per heavy atom. The Labute approximate surface area is 221 Å². The van der Waals surface area contributed by atoms with Crippen LogP contribution in [0.5, 0.6) is 5.75 Å². The number of para-hydroxylation sites is 1. The van der Waals surface area contributed by atoms with E-state index in [0.29, 0.717) is 11.8 Å². The summed E-state index contributed by atoms with van der Waals surface area (Å²) in [4.78, 5) is 0. The third-order valence-electron chi connectivity index (χ3n) is 8.84. The molecule has 0 aromatic heterocycles. The van der Waals surface area contributed by atoms with Gasteiger partial charge in [-0.1, -0.05) is 123 Å². The van der Waals surface area contributed by atoms with Crippen LogP contribution in [0.4, 0.5) is 0 Å². The minimum atomic E-state index is -0.0375. The number of benzene rings is 3. The van der Waals surface area contributed by atoms with Crippen molar-refractivity contribution in [3.8, 4) is 5.75 Å². The summed E-state index contributed by atoms with van der Waals surface area (Å²) in [7, 11) is 1.80. The molecule has 0 bridgehead atoms. The molecule has 0 amide bonds. The van der Waals surface area contributed by atoms with Crippen LogP contribution in [-0.2, 0) is 5.41 Å². The highest BCUT2D eigenvalue weighted by Gasteiger charge is 2.41. The van der Waals surface area contributed by atoms with E-state index in [2.05, 4.69) is 117 Å². The maximum Gasteiger partial charge on any atom is 0.122 e. The molecule has 6 rings (SSSR count). The van der Waals surface area contributed by atoms with Crippen molar-refractivity contribution in [2.45, 2.75) is 50.9 Å². The van der Waals surface area contributed by atoms with E-state index in [4.69, 9.17) is 4.74 Å². The van der Waals surface area contributed by atoms with Gasteiger partial charge in [0.25, 0.3) is 0 Å². The van der Waals surface area contributed by atoms with Crippen LogP contribution in [0, 0.1) is 5.92 Å². The van der Waals surface area contributed by atoms with Gasteiger partial charge in [0.15, 0.2) is 0 Å². The summed E-state index contributed by atoms with van der Waals surface area (Å²) in [5.74, 6) is 1.74. The SMILES string of the molecule is CCCC(C)(c1ccccc1OC)C1C=C(CCC2=c3ccccc3=C3C=CC=CC32)c2ccccc21. The molecular formula is C36H36O. The van der Waals surface area contributed by atoms with Gasteiger partial charge in [-0.25, -0.2) is 0 Å². The van der Waals surface area contributed by atoms with Gasteiger partial charge in [0, 0.05) is 22.8 Å². The molecule has 0 fully saturated rings. The molecule has 0 spiro atoms. The Hall–Kier alpha value is -3.58. The van der Waals surface area contributed by atoms with Crippen LogP contribution < -0.4 is 15.2 Å². The molecule has 37 heavy (non-hydrogen) atoms. The van der Waals surface area contributed by atoms with Gasteiger partial charge in [0.05, 0.1) is 7.11 Å². The first kappa shape index (κ1) is 23.8. The fraction of sp³-hybridized carbons (Fsp3) is 0.278. The molecular weight excluding hydrogens is 448 g/mol. The lowest BCUT2D eigenvalue weighted by molar-refractivity contribution is 0.351. The highest BCUT2D eigenvalue weighted by Crippen LogP contribution is 2.52. The van der Waals surface area contributed by atoms with E-state index < -0.39 is 0 Å². The molecule has 0 N–H and O–H groups in total. The van der Waals surface area contributed by atoms with Crippen molar-refractivity contribution >= 4 is 16.7 Å². The molecule has 3 aromatic carbocycles. The van der Waals surface area contributed by atoms with Gasteiger partial charge < -0.3 is 4.74 Å². The molecule has 1 nitrogen and oxygen atoms in total. The van der Waals surface area contributed by atoms with E-state index in [-0.39, 0.29) is 5.41 Å². The van der Waals surface area contributed by atoms with Crippen molar-refractivity contribution in [3.63, 3.8) is 0 Å². The van der Waals surface area contributed by atoms with Crippen molar-refractivity contribution in [1.82, 2.24) is 0 Å². The summed E-state index contributed by atoms with van der Waals surface area (Å²) in [5.41, 5.74) is 8.68. The van der Waals surface area contributed by atoms with Crippen molar-refractivity contribution in [3.05, 3.63) is 130 Å². The number of allylic oxidation sites excluding steroid dienone is 6. The smallest absolute Gasteiger partial charge is 0.122 e.